The van der Waals surface area contributed by atoms with Gasteiger partial charge >= 0.3 is 11.9 Å². The van der Waals surface area contributed by atoms with Gasteiger partial charge in [0.1, 0.15) is 6.61 Å². The molecule has 0 fully saturated rings. The van der Waals surface area contributed by atoms with E-state index in [9.17, 15) is 9.59 Å². The van der Waals surface area contributed by atoms with E-state index in [-0.39, 0.29) is 12.7 Å². The van der Waals surface area contributed by atoms with Gasteiger partial charge in [0.2, 0.25) is 0 Å². The first-order chi connectivity index (χ1) is 6.47. The topological polar surface area (TPSA) is 61.8 Å². The van der Waals surface area contributed by atoms with Gasteiger partial charge in [-0.05, 0) is 20.8 Å². The maximum atomic E-state index is 11.2. The number of hydrogen-bond acceptors (Lipinski definition) is 5. The Kier molecular flexibility index (Phi) is 5.87. The van der Waals surface area contributed by atoms with E-state index in [1.807, 2.05) is 0 Å². The van der Waals surface area contributed by atoms with Crippen molar-refractivity contribution in [2.45, 2.75) is 33.0 Å². The second-order valence-electron chi connectivity index (χ2n) is 3.05. The first kappa shape index (κ1) is 12.9. The largest absolute Gasteiger partial charge is 0.460 e. The molecule has 5 nitrogen and oxygen atoms in total. The first-order valence-corrected chi connectivity index (χ1v) is 4.36. The fourth-order valence-electron chi connectivity index (χ4n) is 0.725. The van der Waals surface area contributed by atoms with E-state index in [1.54, 1.807) is 13.8 Å². The summed E-state index contributed by atoms with van der Waals surface area (Å²) in [5, 5.41) is 0. The number of carbonyl (C=O) groups excluding carboxylic acids is 2. The van der Waals surface area contributed by atoms with Crippen molar-refractivity contribution < 1.29 is 23.8 Å². The summed E-state index contributed by atoms with van der Waals surface area (Å²) in [5.74, 6) is -1.13. The Bertz CT molecular complexity index is 199. The zero-order valence-corrected chi connectivity index (χ0v) is 8.90. The van der Waals surface area contributed by atoms with Crippen molar-refractivity contribution in [3.8, 4) is 0 Å². The summed E-state index contributed by atoms with van der Waals surface area (Å²) in [6.45, 7) is 4.74. The molecule has 0 bridgehead atoms. The molecule has 0 saturated heterocycles. The van der Waals surface area contributed by atoms with Gasteiger partial charge in [0.05, 0.1) is 6.10 Å². The average Bonchev–Trinajstić information content (AvgIpc) is 2.02. The molecule has 82 valence electrons. The summed E-state index contributed by atoms with van der Waals surface area (Å²) in [6, 6.07) is 0. The summed E-state index contributed by atoms with van der Waals surface area (Å²) in [4.78, 5) is 22.0. The molecular weight excluding hydrogens is 188 g/mol. The van der Waals surface area contributed by atoms with Crippen LogP contribution in [0.15, 0.2) is 0 Å². The number of methoxy groups -OCH3 is 1. The maximum Gasteiger partial charge on any atom is 0.347 e. The highest BCUT2D eigenvalue weighted by atomic mass is 16.6. The lowest BCUT2D eigenvalue weighted by Crippen LogP contribution is -2.29. The molecule has 1 atom stereocenters. The Balaban J connectivity index is 3.88. The van der Waals surface area contributed by atoms with Crippen LogP contribution >= 0.6 is 0 Å². The van der Waals surface area contributed by atoms with Crippen molar-refractivity contribution in [3.05, 3.63) is 0 Å². The van der Waals surface area contributed by atoms with Crippen molar-refractivity contribution in [2.75, 3.05) is 13.7 Å². The molecule has 0 aliphatic carbocycles. The van der Waals surface area contributed by atoms with Crippen molar-refractivity contribution in [3.63, 3.8) is 0 Å². The van der Waals surface area contributed by atoms with Crippen LogP contribution < -0.4 is 0 Å². The number of carbonyl (C=O) groups is 2. The smallest absolute Gasteiger partial charge is 0.347 e. The molecule has 0 aromatic carbocycles. The van der Waals surface area contributed by atoms with Crippen LogP contribution in [0.25, 0.3) is 0 Å². The second-order valence-corrected chi connectivity index (χ2v) is 3.05. The second kappa shape index (κ2) is 6.37. The van der Waals surface area contributed by atoms with E-state index < -0.39 is 18.0 Å². The van der Waals surface area contributed by atoms with Crippen LogP contribution in [0, 0.1) is 0 Å². The lowest BCUT2D eigenvalue weighted by molar-refractivity contribution is -0.171. The molecule has 0 aliphatic rings. The number of rotatable bonds is 5. The van der Waals surface area contributed by atoms with Gasteiger partial charge in [-0.3, -0.25) is 0 Å². The zero-order chi connectivity index (χ0) is 11.1. The Labute approximate surface area is 83.3 Å². The molecule has 0 spiro atoms. The predicted molar refractivity (Wildman–Crippen MR) is 48.7 cm³/mol. The summed E-state index contributed by atoms with van der Waals surface area (Å²) in [7, 11) is 1.37. The molecule has 0 N–H and O–H groups in total. The van der Waals surface area contributed by atoms with E-state index >= 15 is 0 Å². The summed E-state index contributed by atoms with van der Waals surface area (Å²) < 4.78 is 14.1. The van der Waals surface area contributed by atoms with Gasteiger partial charge in [-0.2, -0.15) is 0 Å². The Morgan fingerprint density at radius 3 is 2.14 bits per heavy atom. The standard InChI is InChI=1S/C9H16O5/c1-6(2)13-9(11)7(3)14-8(10)5-12-4/h6-7H,5H2,1-4H3. The van der Waals surface area contributed by atoms with Gasteiger partial charge in [0.15, 0.2) is 6.10 Å². The molecule has 0 aromatic rings. The SMILES string of the molecule is COCC(=O)OC(C)C(=O)OC(C)C. The van der Waals surface area contributed by atoms with Gasteiger partial charge in [-0.1, -0.05) is 0 Å². The van der Waals surface area contributed by atoms with Crippen LogP contribution in [-0.2, 0) is 23.8 Å². The lowest BCUT2D eigenvalue weighted by atomic mass is 10.4. The quantitative estimate of drug-likeness (QED) is 0.611. The van der Waals surface area contributed by atoms with E-state index in [4.69, 9.17) is 9.47 Å². The highest BCUT2D eigenvalue weighted by Gasteiger charge is 2.19. The fraction of sp³-hybridized carbons (Fsp3) is 0.778. The van der Waals surface area contributed by atoms with E-state index in [2.05, 4.69) is 4.74 Å². The van der Waals surface area contributed by atoms with Crippen LogP contribution in [0.3, 0.4) is 0 Å². The molecular formula is C9H16O5. The Hall–Kier alpha value is -1.10. The first-order valence-electron chi connectivity index (χ1n) is 4.36. The van der Waals surface area contributed by atoms with Crippen LogP contribution in [0.5, 0.6) is 0 Å². The summed E-state index contributed by atoms with van der Waals surface area (Å²) >= 11 is 0. The molecule has 14 heavy (non-hydrogen) atoms. The molecule has 0 rings (SSSR count). The average molecular weight is 204 g/mol. The minimum Gasteiger partial charge on any atom is -0.460 e. The highest BCUT2D eigenvalue weighted by Crippen LogP contribution is 1.99. The molecule has 0 saturated carbocycles. The third-order valence-corrected chi connectivity index (χ3v) is 1.25. The summed E-state index contributed by atoms with van der Waals surface area (Å²) in [6.07, 6.45) is -1.11. The van der Waals surface area contributed by atoms with E-state index in [0.29, 0.717) is 0 Å². The lowest BCUT2D eigenvalue weighted by Gasteiger charge is -2.14. The van der Waals surface area contributed by atoms with Crippen molar-refractivity contribution >= 4 is 11.9 Å². The minimum atomic E-state index is -0.889. The highest BCUT2D eigenvalue weighted by molar-refractivity contribution is 5.79. The predicted octanol–water partition coefficient (Wildman–Crippen LogP) is 0.516. The molecule has 5 heteroatoms. The van der Waals surface area contributed by atoms with E-state index in [1.165, 1.54) is 14.0 Å². The number of esters is 2. The van der Waals surface area contributed by atoms with Crippen LogP contribution in [-0.4, -0.2) is 37.9 Å². The number of hydrogen-bond donors (Lipinski definition) is 0. The van der Waals surface area contributed by atoms with Gasteiger partial charge in [-0.15, -0.1) is 0 Å². The van der Waals surface area contributed by atoms with E-state index in [0.717, 1.165) is 0 Å². The van der Waals surface area contributed by atoms with Gasteiger partial charge < -0.3 is 14.2 Å². The molecule has 0 radical (unpaired) electrons. The molecule has 1 unspecified atom stereocenters. The van der Waals surface area contributed by atoms with Crippen molar-refractivity contribution in [1.29, 1.82) is 0 Å². The summed E-state index contributed by atoms with van der Waals surface area (Å²) in [5.41, 5.74) is 0. The zero-order valence-electron chi connectivity index (χ0n) is 8.90. The maximum absolute atomic E-state index is 11.2. The van der Waals surface area contributed by atoms with Crippen molar-refractivity contribution in [1.82, 2.24) is 0 Å². The van der Waals surface area contributed by atoms with Crippen molar-refractivity contribution in [2.24, 2.45) is 0 Å². The van der Waals surface area contributed by atoms with Crippen LogP contribution in [0.1, 0.15) is 20.8 Å². The Morgan fingerprint density at radius 2 is 1.71 bits per heavy atom. The number of ether oxygens (including phenoxy) is 3. The van der Waals surface area contributed by atoms with Gasteiger partial charge in [0.25, 0.3) is 0 Å². The van der Waals surface area contributed by atoms with Gasteiger partial charge in [0, 0.05) is 7.11 Å². The Morgan fingerprint density at radius 1 is 1.14 bits per heavy atom. The third-order valence-electron chi connectivity index (χ3n) is 1.25. The van der Waals surface area contributed by atoms with Crippen LogP contribution in [0.4, 0.5) is 0 Å². The molecule has 0 heterocycles. The fourth-order valence-corrected chi connectivity index (χ4v) is 0.725. The van der Waals surface area contributed by atoms with Gasteiger partial charge in [-0.25, -0.2) is 9.59 Å². The monoisotopic (exact) mass is 204 g/mol. The third kappa shape index (κ3) is 5.53. The van der Waals surface area contributed by atoms with Crippen LogP contribution in [0.2, 0.25) is 0 Å². The molecule has 0 aliphatic heterocycles. The molecule has 0 aromatic heterocycles. The molecule has 0 amide bonds. The minimum absolute atomic E-state index is 0.167. The normalized spacial score (nSPS) is 12.4.